The lowest BCUT2D eigenvalue weighted by molar-refractivity contribution is -0.133. The number of carbonyl (C=O) groups excluding carboxylic acids is 2. The van der Waals surface area contributed by atoms with Gasteiger partial charge in [0.15, 0.2) is 0 Å². The number of amides is 2. The average Bonchev–Trinajstić information content (AvgIpc) is 3.01. The van der Waals surface area contributed by atoms with Crippen molar-refractivity contribution in [2.75, 3.05) is 19.6 Å². The van der Waals surface area contributed by atoms with E-state index in [-0.39, 0.29) is 22.8 Å². The second-order valence-electron chi connectivity index (χ2n) is 8.14. The summed E-state index contributed by atoms with van der Waals surface area (Å²) < 4.78 is 26.7. The normalized spacial score (nSPS) is 20.9. The number of rotatable bonds is 9. The molecule has 2 aliphatic heterocycles. The van der Waals surface area contributed by atoms with Crippen molar-refractivity contribution in [3.8, 4) is 0 Å². The van der Waals surface area contributed by atoms with Crippen molar-refractivity contribution in [2.24, 2.45) is 4.99 Å². The first-order valence-corrected chi connectivity index (χ1v) is 12.6. The summed E-state index contributed by atoms with van der Waals surface area (Å²) in [5.41, 5.74) is 0.614. The Bertz CT molecular complexity index is 929. The fourth-order valence-electron chi connectivity index (χ4n) is 4.01. The highest BCUT2D eigenvalue weighted by atomic mass is 32.2. The summed E-state index contributed by atoms with van der Waals surface area (Å²) >= 11 is 0. The Kier molecular flexibility index (Phi) is 8.06. The van der Waals surface area contributed by atoms with Crippen molar-refractivity contribution in [3.05, 3.63) is 29.8 Å². The third-order valence-corrected chi connectivity index (χ3v) is 6.99. The number of aliphatic imine (C=N–C) groups is 1. The van der Waals surface area contributed by atoms with Gasteiger partial charge < -0.3 is 10.2 Å². The number of sulfonamides is 1. The van der Waals surface area contributed by atoms with Crippen molar-refractivity contribution in [1.82, 2.24) is 14.9 Å². The zero-order valence-electron chi connectivity index (χ0n) is 18.1. The van der Waals surface area contributed by atoms with Crippen LogP contribution in [0.2, 0.25) is 0 Å². The topological polar surface area (TPSA) is 108 Å². The zero-order valence-corrected chi connectivity index (χ0v) is 18.9. The van der Waals surface area contributed by atoms with Crippen molar-refractivity contribution < 1.29 is 18.0 Å². The summed E-state index contributed by atoms with van der Waals surface area (Å²) in [5.74, 6) is 0.602. The van der Waals surface area contributed by atoms with E-state index in [1.54, 1.807) is 24.3 Å². The van der Waals surface area contributed by atoms with E-state index >= 15 is 0 Å². The summed E-state index contributed by atoms with van der Waals surface area (Å²) in [7, 11) is -3.50. The molecule has 1 fully saturated rings. The lowest BCUT2D eigenvalue weighted by Crippen LogP contribution is -2.49. The Labute approximate surface area is 184 Å². The minimum Gasteiger partial charge on any atom is -0.352 e. The highest BCUT2D eigenvalue weighted by Crippen LogP contribution is 2.22. The maximum atomic E-state index is 12.5. The van der Waals surface area contributed by atoms with Crippen LogP contribution in [0.15, 0.2) is 34.2 Å². The highest BCUT2D eigenvalue weighted by molar-refractivity contribution is 7.90. The summed E-state index contributed by atoms with van der Waals surface area (Å²) in [5, 5.41) is 3.03. The van der Waals surface area contributed by atoms with E-state index in [0.717, 1.165) is 45.1 Å². The maximum absolute atomic E-state index is 12.5. The predicted molar refractivity (Wildman–Crippen MR) is 119 cm³/mol. The Morgan fingerprint density at radius 2 is 2.00 bits per heavy atom. The van der Waals surface area contributed by atoms with Gasteiger partial charge in [0.2, 0.25) is 11.8 Å². The predicted octanol–water partition coefficient (Wildman–Crippen LogP) is 2.19. The molecule has 1 aromatic carbocycles. The molecular formula is C22H32N4O4S. The monoisotopic (exact) mass is 448 g/mol. The fraction of sp³-hybridized carbons (Fsp3) is 0.591. The molecule has 0 spiro atoms. The second-order valence-corrected chi connectivity index (χ2v) is 9.79. The molecule has 2 aliphatic rings. The smallest absolute Gasteiger partial charge is 0.263 e. The number of hydrogen-bond acceptors (Lipinski definition) is 5. The van der Waals surface area contributed by atoms with Crippen molar-refractivity contribution in [2.45, 2.75) is 69.2 Å². The Morgan fingerprint density at radius 3 is 2.81 bits per heavy atom. The molecule has 1 aromatic rings. The number of nitrogens with zero attached hydrogens (tertiary/aromatic N) is 2. The van der Waals surface area contributed by atoms with Gasteiger partial charge in [-0.05, 0) is 44.2 Å². The maximum Gasteiger partial charge on any atom is 0.263 e. The van der Waals surface area contributed by atoms with Crippen LogP contribution in [0.1, 0.15) is 63.9 Å². The van der Waals surface area contributed by atoms with Crippen LogP contribution < -0.4 is 10.0 Å². The number of carbonyl (C=O) groups is 2. The first-order chi connectivity index (χ1) is 14.9. The fourth-order valence-corrected chi connectivity index (χ4v) is 5.26. The van der Waals surface area contributed by atoms with Gasteiger partial charge in [0, 0.05) is 44.1 Å². The third kappa shape index (κ3) is 6.29. The van der Waals surface area contributed by atoms with E-state index in [1.165, 1.54) is 0 Å². The van der Waals surface area contributed by atoms with E-state index in [1.807, 2.05) is 11.8 Å². The van der Waals surface area contributed by atoms with Crippen LogP contribution in [0.5, 0.6) is 0 Å². The van der Waals surface area contributed by atoms with Gasteiger partial charge in [0.05, 0.1) is 4.90 Å². The first-order valence-electron chi connectivity index (χ1n) is 11.1. The van der Waals surface area contributed by atoms with Crippen LogP contribution in [-0.2, 0) is 19.6 Å². The molecule has 1 atom stereocenters. The number of nitrogens with one attached hydrogen (secondary N) is 2. The molecule has 0 saturated carbocycles. The minimum atomic E-state index is -3.50. The lowest BCUT2D eigenvalue weighted by atomic mass is 10.0. The summed E-state index contributed by atoms with van der Waals surface area (Å²) in [6, 6.07) is 6.88. The standard InChI is InChI=1S/C22H32N4O4S/c1-2-9-20(27)24-17-10-8-15-26(16-17)21(28)13-4-3-7-14-23-22-18-11-5-6-12-19(18)31(29,30)25-22/h5-6,11-12,17H,2-4,7-10,13-16H2,1H3,(H,23,25)(H,24,27). The number of benzene rings is 1. The Morgan fingerprint density at radius 1 is 1.19 bits per heavy atom. The van der Waals surface area contributed by atoms with Gasteiger partial charge in [0.1, 0.15) is 5.84 Å². The van der Waals surface area contributed by atoms with Crippen LogP contribution in [-0.4, -0.2) is 56.6 Å². The third-order valence-electron chi connectivity index (χ3n) is 5.60. The number of fused-ring (bicyclic) bond motifs is 1. The molecular weight excluding hydrogens is 416 g/mol. The highest BCUT2D eigenvalue weighted by Gasteiger charge is 2.30. The molecule has 2 heterocycles. The zero-order chi connectivity index (χ0) is 22.3. The molecule has 170 valence electrons. The van der Waals surface area contributed by atoms with E-state index in [0.29, 0.717) is 37.3 Å². The first kappa shape index (κ1) is 23.2. The molecule has 8 nitrogen and oxygen atoms in total. The molecule has 0 aliphatic carbocycles. The Hall–Kier alpha value is -2.42. The molecule has 0 aromatic heterocycles. The largest absolute Gasteiger partial charge is 0.352 e. The number of amidine groups is 1. The van der Waals surface area contributed by atoms with Crippen molar-refractivity contribution >= 4 is 27.7 Å². The van der Waals surface area contributed by atoms with E-state index < -0.39 is 10.0 Å². The molecule has 1 unspecified atom stereocenters. The van der Waals surface area contributed by atoms with Crippen molar-refractivity contribution in [3.63, 3.8) is 0 Å². The summed E-state index contributed by atoms with van der Waals surface area (Å²) in [4.78, 5) is 30.9. The van der Waals surface area contributed by atoms with Crippen LogP contribution in [0.3, 0.4) is 0 Å². The molecule has 1 saturated heterocycles. The molecule has 2 amide bonds. The lowest BCUT2D eigenvalue weighted by Gasteiger charge is -2.33. The van der Waals surface area contributed by atoms with Crippen LogP contribution >= 0.6 is 0 Å². The molecule has 9 heteroatoms. The number of unbranched alkanes of at least 4 members (excludes halogenated alkanes) is 2. The van der Waals surface area contributed by atoms with Gasteiger partial charge >= 0.3 is 0 Å². The quantitative estimate of drug-likeness (QED) is 0.565. The van der Waals surface area contributed by atoms with Gasteiger partial charge in [-0.2, -0.15) is 0 Å². The van der Waals surface area contributed by atoms with E-state index in [9.17, 15) is 18.0 Å². The average molecular weight is 449 g/mol. The van der Waals surface area contributed by atoms with Gasteiger partial charge in [-0.25, -0.2) is 8.42 Å². The number of hydrogen-bond donors (Lipinski definition) is 2. The van der Waals surface area contributed by atoms with Gasteiger partial charge in [-0.15, -0.1) is 0 Å². The van der Waals surface area contributed by atoms with Crippen molar-refractivity contribution in [1.29, 1.82) is 0 Å². The van der Waals surface area contributed by atoms with Crippen LogP contribution in [0.4, 0.5) is 0 Å². The minimum absolute atomic E-state index is 0.0608. The molecule has 0 bridgehead atoms. The summed E-state index contributed by atoms with van der Waals surface area (Å²) in [6.07, 6.45) is 6.09. The number of piperidine rings is 1. The second kappa shape index (κ2) is 10.7. The number of likely N-dealkylation sites (tertiary alicyclic amines) is 1. The SMILES string of the molecule is CCCC(=O)NC1CCCN(C(=O)CCCCCN=C2NS(=O)(=O)c3ccccc32)C1. The molecule has 31 heavy (non-hydrogen) atoms. The summed E-state index contributed by atoms with van der Waals surface area (Å²) in [6.45, 7) is 3.84. The van der Waals surface area contributed by atoms with Gasteiger partial charge in [0.25, 0.3) is 10.0 Å². The molecule has 0 radical (unpaired) electrons. The van der Waals surface area contributed by atoms with E-state index in [4.69, 9.17) is 0 Å². The Balaban J connectivity index is 1.37. The van der Waals surface area contributed by atoms with Crippen LogP contribution in [0.25, 0.3) is 0 Å². The molecule has 2 N–H and O–H groups in total. The van der Waals surface area contributed by atoms with Crippen LogP contribution in [0, 0.1) is 0 Å². The molecule has 3 rings (SSSR count). The van der Waals surface area contributed by atoms with E-state index in [2.05, 4.69) is 15.0 Å². The van der Waals surface area contributed by atoms with Gasteiger partial charge in [-0.1, -0.05) is 25.5 Å². The van der Waals surface area contributed by atoms with Gasteiger partial charge in [-0.3, -0.25) is 19.3 Å².